The van der Waals surface area contributed by atoms with Crippen LogP contribution in [0.2, 0.25) is 0 Å². The fraction of sp³-hybridized carbons (Fsp3) is 0.615. The van der Waals surface area contributed by atoms with Crippen molar-refractivity contribution in [3.8, 4) is 0 Å². The van der Waals surface area contributed by atoms with Crippen molar-refractivity contribution < 1.29 is 0 Å². The van der Waals surface area contributed by atoms with E-state index in [0.717, 1.165) is 13.0 Å². The maximum absolute atomic E-state index is 4.47. The summed E-state index contributed by atoms with van der Waals surface area (Å²) < 4.78 is 0. The fourth-order valence-electron chi connectivity index (χ4n) is 2.05. The van der Waals surface area contributed by atoms with Gasteiger partial charge in [-0.25, -0.2) is 0 Å². The molecule has 2 unspecified atom stereocenters. The minimum Gasteiger partial charge on any atom is -0.314 e. The van der Waals surface area contributed by atoms with Gasteiger partial charge in [0.05, 0.1) is 0 Å². The highest BCUT2D eigenvalue weighted by molar-refractivity contribution is 5.18. The average Bonchev–Trinajstić information content (AvgIpc) is 2.19. The van der Waals surface area contributed by atoms with Crippen molar-refractivity contribution in [2.75, 3.05) is 6.54 Å². The van der Waals surface area contributed by atoms with Gasteiger partial charge in [0.25, 0.3) is 0 Å². The molecule has 1 aromatic rings. The minimum absolute atomic E-state index is 0.495. The van der Waals surface area contributed by atoms with Gasteiger partial charge < -0.3 is 5.32 Å². The van der Waals surface area contributed by atoms with Crippen LogP contribution >= 0.6 is 0 Å². The molecule has 2 atom stereocenters. The number of nitrogens with zero attached hydrogens (tertiary/aromatic N) is 1. The smallest absolute Gasteiger partial charge is 0.0452 e. The van der Waals surface area contributed by atoms with Crippen LogP contribution in [-0.2, 0) is 0 Å². The number of hydrogen-bond donors (Lipinski definition) is 1. The van der Waals surface area contributed by atoms with Crippen LogP contribution in [0, 0.1) is 6.92 Å². The number of aromatic nitrogens is 1. The summed E-state index contributed by atoms with van der Waals surface area (Å²) in [5, 5.41) is 3.47. The highest BCUT2D eigenvalue weighted by Gasteiger charge is 2.17. The summed E-state index contributed by atoms with van der Waals surface area (Å²) in [6.45, 7) is 9.75. The first-order valence-electron chi connectivity index (χ1n) is 5.85. The van der Waals surface area contributed by atoms with Crippen molar-refractivity contribution in [1.29, 1.82) is 0 Å². The third-order valence-electron chi connectivity index (χ3n) is 2.89. The van der Waals surface area contributed by atoms with Gasteiger partial charge in [-0.3, -0.25) is 4.98 Å². The van der Waals surface area contributed by atoms with E-state index in [4.69, 9.17) is 0 Å². The summed E-state index contributed by atoms with van der Waals surface area (Å²) in [6.07, 6.45) is 3.04. The summed E-state index contributed by atoms with van der Waals surface area (Å²) in [4.78, 5) is 4.47. The predicted octanol–water partition coefficient (Wildman–Crippen LogP) is 2.88. The molecule has 0 spiro atoms. The van der Waals surface area contributed by atoms with E-state index in [1.165, 1.54) is 11.3 Å². The first-order valence-corrected chi connectivity index (χ1v) is 5.85. The third-order valence-corrected chi connectivity index (χ3v) is 2.89. The van der Waals surface area contributed by atoms with Crippen molar-refractivity contribution in [3.63, 3.8) is 0 Å². The lowest BCUT2D eigenvalue weighted by Gasteiger charge is -2.23. The van der Waals surface area contributed by atoms with Crippen molar-refractivity contribution in [1.82, 2.24) is 10.3 Å². The molecule has 84 valence electrons. The van der Waals surface area contributed by atoms with Crippen LogP contribution < -0.4 is 5.32 Å². The van der Waals surface area contributed by atoms with Crippen molar-refractivity contribution in [2.45, 2.75) is 46.1 Å². The molecule has 0 aliphatic heterocycles. The zero-order valence-corrected chi connectivity index (χ0v) is 10.2. The molecule has 0 aromatic carbocycles. The van der Waals surface area contributed by atoms with E-state index in [0.29, 0.717) is 12.0 Å². The Labute approximate surface area is 93.1 Å². The first-order chi connectivity index (χ1) is 7.19. The van der Waals surface area contributed by atoms with Gasteiger partial charge >= 0.3 is 0 Å². The molecule has 0 radical (unpaired) electrons. The summed E-state index contributed by atoms with van der Waals surface area (Å²) in [6, 6.07) is 4.74. The molecule has 0 saturated heterocycles. The standard InChI is InChI=1S/C13H22N2/c1-5-12(11(4)14-6-2)13-9-10(3)7-8-15-13/h7-9,11-12,14H,5-6H2,1-4H3. The van der Waals surface area contributed by atoms with Crippen molar-refractivity contribution in [2.24, 2.45) is 0 Å². The van der Waals surface area contributed by atoms with E-state index in [1.54, 1.807) is 0 Å². The Hall–Kier alpha value is -0.890. The van der Waals surface area contributed by atoms with Crippen LogP contribution in [0.15, 0.2) is 18.3 Å². The topological polar surface area (TPSA) is 24.9 Å². The third kappa shape index (κ3) is 3.31. The van der Waals surface area contributed by atoms with E-state index in [9.17, 15) is 0 Å². The molecule has 0 fully saturated rings. The lowest BCUT2D eigenvalue weighted by Crippen LogP contribution is -2.32. The molecule has 1 N–H and O–H groups in total. The van der Waals surface area contributed by atoms with Crippen LogP contribution in [0.4, 0.5) is 0 Å². The maximum atomic E-state index is 4.47. The molecular formula is C13H22N2. The summed E-state index contributed by atoms with van der Waals surface area (Å²) >= 11 is 0. The van der Waals surface area contributed by atoms with Gasteiger partial charge in [-0.05, 0) is 44.5 Å². The highest BCUT2D eigenvalue weighted by atomic mass is 14.9. The molecule has 1 heterocycles. The molecule has 2 nitrogen and oxygen atoms in total. The number of pyridine rings is 1. The van der Waals surface area contributed by atoms with E-state index in [-0.39, 0.29) is 0 Å². The predicted molar refractivity (Wildman–Crippen MR) is 65.1 cm³/mol. The molecule has 2 heteroatoms. The monoisotopic (exact) mass is 206 g/mol. The fourth-order valence-corrected chi connectivity index (χ4v) is 2.05. The average molecular weight is 206 g/mol. The molecule has 15 heavy (non-hydrogen) atoms. The molecule has 0 bridgehead atoms. The summed E-state index contributed by atoms with van der Waals surface area (Å²) in [5.74, 6) is 0.518. The lowest BCUT2D eigenvalue weighted by atomic mass is 9.93. The number of aryl methyl sites for hydroxylation is 1. The Morgan fingerprint density at radius 3 is 2.67 bits per heavy atom. The molecular weight excluding hydrogens is 184 g/mol. The SMILES string of the molecule is CCNC(C)C(CC)c1cc(C)ccn1. The van der Waals surface area contributed by atoms with Crippen LogP contribution in [0.5, 0.6) is 0 Å². The number of hydrogen-bond acceptors (Lipinski definition) is 2. The lowest BCUT2D eigenvalue weighted by molar-refractivity contribution is 0.452. The Kier molecular flexibility index (Phi) is 4.76. The minimum atomic E-state index is 0.495. The van der Waals surface area contributed by atoms with Crippen LogP contribution in [0.1, 0.15) is 44.4 Å². The Morgan fingerprint density at radius 2 is 2.13 bits per heavy atom. The Balaban J connectivity index is 2.82. The first kappa shape index (κ1) is 12.2. The van der Waals surface area contributed by atoms with E-state index >= 15 is 0 Å². The highest BCUT2D eigenvalue weighted by Crippen LogP contribution is 2.21. The van der Waals surface area contributed by atoms with Crippen molar-refractivity contribution >= 4 is 0 Å². The van der Waals surface area contributed by atoms with Crippen LogP contribution in [0.3, 0.4) is 0 Å². The van der Waals surface area contributed by atoms with Gasteiger partial charge in [0, 0.05) is 23.9 Å². The Morgan fingerprint density at radius 1 is 1.40 bits per heavy atom. The number of nitrogens with one attached hydrogen (secondary N) is 1. The van der Waals surface area contributed by atoms with E-state index < -0.39 is 0 Å². The Bertz CT molecular complexity index is 296. The van der Waals surface area contributed by atoms with Gasteiger partial charge in [0.15, 0.2) is 0 Å². The summed E-state index contributed by atoms with van der Waals surface area (Å²) in [5.41, 5.74) is 2.51. The van der Waals surface area contributed by atoms with Gasteiger partial charge in [-0.2, -0.15) is 0 Å². The van der Waals surface area contributed by atoms with Gasteiger partial charge in [-0.1, -0.05) is 13.8 Å². The number of rotatable bonds is 5. The number of likely N-dealkylation sites (N-methyl/N-ethyl adjacent to an activating group) is 1. The molecule has 1 rings (SSSR count). The van der Waals surface area contributed by atoms with E-state index in [1.807, 2.05) is 12.3 Å². The van der Waals surface area contributed by atoms with Crippen molar-refractivity contribution in [3.05, 3.63) is 29.6 Å². The second-order valence-electron chi connectivity index (χ2n) is 4.12. The van der Waals surface area contributed by atoms with Gasteiger partial charge in [0.2, 0.25) is 0 Å². The van der Waals surface area contributed by atoms with Gasteiger partial charge in [0.1, 0.15) is 0 Å². The van der Waals surface area contributed by atoms with Gasteiger partial charge in [-0.15, -0.1) is 0 Å². The molecule has 0 aliphatic rings. The second-order valence-corrected chi connectivity index (χ2v) is 4.12. The molecule has 0 aliphatic carbocycles. The molecule has 0 amide bonds. The molecule has 0 saturated carbocycles. The summed E-state index contributed by atoms with van der Waals surface area (Å²) in [7, 11) is 0. The largest absolute Gasteiger partial charge is 0.314 e. The normalized spacial score (nSPS) is 14.9. The second kappa shape index (κ2) is 5.86. The van der Waals surface area contributed by atoms with Crippen LogP contribution in [-0.4, -0.2) is 17.6 Å². The quantitative estimate of drug-likeness (QED) is 0.801. The van der Waals surface area contributed by atoms with E-state index in [2.05, 4.69) is 44.1 Å². The zero-order valence-electron chi connectivity index (χ0n) is 10.2. The molecule has 1 aromatic heterocycles. The maximum Gasteiger partial charge on any atom is 0.0452 e. The zero-order chi connectivity index (χ0) is 11.3. The van der Waals surface area contributed by atoms with Crippen LogP contribution in [0.25, 0.3) is 0 Å².